The van der Waals surface area contributed by atoms with Crippen LogP contribution in [0.4, 0.5) is 0 Å². The number of rotatable bonds is 9. The average molecular weight is 528 g/mol. The molecule has 3 atom stereocenters. The number of carbonyl (C=O) groups is 1. The lowest BCUT2D eigenvalue weighted by Crippen LogP contribution is -2.49. The van der Waals surface area contributed by atoms with Crippen LogP contribution in [0.5, 0.6) is 5.75 Å². The summed E-state index contributed by atoms with van der Waals surface area (Å²) in [6.45, 7) is 3.43. The van der Waals surface area contributed by atoms with Crippen LogP contribution in [0.15, 0.2) is 42.5 Å². The van der Waals surface area contributed by atoms with Gasteiger partial charge in [-0.2, -0.15) is 0 Å². The van der Waals surface area contributed by atoms with Crippen molar-refractivity contribution in [3.8, 4) is 5.75 Å². The van der Waals surface area contributed by atoms with Gasteiger partial charge in [-0.3, -0.25) is 4.90 Å². The highest BCUT2D eigenvalue weighted by atomic mass is 35.5. The lowest BCUT2D eigenvalue weighted by Gasteiger charge is -2.46. The fourth-order valence-electron chi connectivity index (χ4n) is 5.71. The molecule has 1 fully saturated rings. The third kappa shape index (κ3) is 5.80. The Morgan fingerprint density at radius 2 is 2.00 bits per heavy atom. The first-order valence-electron chi connectivity index (χ1n) is 12.8. The lowest BCUT2D eigenvalue weighted by atomic mass is 9.69. The van der Waals surface area contributed by atoms with Crippen molar-refractivity contribution in [2.75, 3.05) is 41.4 Å². The molecule has 1 aliphatic carbocycles. The minimum atomic E-state index is -0.944. The van der Waals surface area contributed by atoms with Gasteiger partial charge in [0.2, 0.25) is 0 Å². The summed E-state index contributed by atoms with van der Waals surface area (Å²) in [6, 6.07) is 13.6. The molecule has 0 bridgehead atoms. The van der Waals surface area contributed by atoms with E-state index < -0.39 is 5.60 Å². The van der Waals surface area contributed by atoms with Crippen LogP contribution in [0, 0.1) is 5.92 Å². The second-order valence-corrected chi connectivity index (χ2v) is 10.8. The van der Waals surface area contributed by atoms with Gasteiger partial charge in [-0.05, 0) is 83.2 Å². The maximum absolute atomic E-state index is 12.8. The Morgan fingerprint density at radius 1 is 1.22 bits per heavy atom. The predicted molar refractivity (Wildman–Crippen MR) is 147 cm³/mol. The van der Waals surface area contributed by atoms with E-state index in [2.05, 4.69) is 21.8 Å². The molecule has 0 amide bonds. The largest absolute Gasteiger partial charge is 0.497 e. The van der Waals surface area contributed by atoms with Gasteiger partial charge >= 0.3 is 5.97 Å². The number of halogens is 1. The number of esters is 1. The molecule has 8 heteroatoms. The van der Waals surface area contributed by atoms with E-state index in [9.17, 15) is 9.90 Å². The highest BCUT2D eigenvalue weighted by Gasteiger charge is 2.44. The number of carbonyl (C=O) groups excluding carboxylic acids is 1. The van der Waals surface area contributed by atoms with Gasteiger partial charge in [-0.1, -0.05) is 23.7 Å². The van der Waals surface area contributed by atoms with Gasteiger partial charge in [-0.15, -0.1) is 0 Å². The van der Waals surface area contributed by atoms with E-state index in [-0.39, 0.29) is 17.9 Å². The van der Waals surface area contributed by atoms with Crippen LogP contribution >= 0.6 is 11.6 Å². The lowest BCUT2D eigenvalue weighted by molar-refractivity contribution is -0.0811. The Balaban J connectivity index is 1.61. The molecule has 0 spiro atoms. The van der Waals surface area contributed by atoms with E-state index in [1.54, 1.807) is 14.0 Å². The number of hydrogen-bond acceptors (Lipinski definition) is 6. The molecule has 37 heavy (non-hydrogen) atoms. The SMILES string of the molecule is CCOC(=O)c1[nH]c2ccc(Cl)cc2c1CN(C)C1CCC(O)(c2cccc(OC)c2)C(CN(C)C)C1. The van der Waals surface area contributed by atoms with E-state index in [1.165, 1.54) is 0 Å². The van der Waals surface area contributed by atoms with Crippen LogP contribution in [-0.2, 0) is 16.9 Å². The molecule has 2 N–H and O–H groups in total. The fourth-order valence-corrected chi connectivity index (χ4v) is 5.88. The van der Waals surface area contributed by atoms with Gasteiger partial charge in [0.1, 0.15) is 11.4 Å². The standard InChI is InChI=1S/C29H38ClN3O4/c1-6-37-28(34)27-25(24-16-21(30)10-11-26(24)31-27)18-33(4)22-12-13-29(35,20(14-22)17-32(2)3)19-8-7-9-23(15-19)36-5/h7-11,15-16,20,22,31,35H,6,12-14,17-18H2,1-5H3. The first-order valence-corrected chi connectivity index (χ1v) is 13.2. The minimum absolute atomic E-state index is 0.0257. The van der Waals surface area contributed by atoms with Gasteiger partial charge < -0.3 is 24.5 Å². The molecular weight excluding hydrogens is 490 g/mol. The number of aliphatic hydroxyl groups is 1. The summed E-state index contributed by atoms with van der Waals surface area (Å²) in [5.41, 5.74) is 2.17. The van der Waals surface area contributed by atoms with Gasteiger partial charge in [0, 0.05) is 46.5 Å². The van der Waals surface area contributed by atoms with Crippen LogP contribution in [-0.4, -0.2) is 73.3 Å². The normalized spacial score (nSPS) is 22.1. The molecule has 0 saturated heterocycles. The first kappa shape index (κ1) is 27.5. The van der Waals surface area contributed by atoms with Crippen LogP contribution in [0.25, 0.3) is 10.9 Å². The molecular formula is C29H38ClN3O4. The maximum Gasteiger partial charge on any atom is 0.355 e. The van der Waals surface area contributed by atoms with Crippen LogP contribution in [0.1, 0.15) is 47.8 Å². The molecule has 0 aliphatic heterocycles. The Morgan fingerprint density at radius 3 is 2.70 bits per heavy atom. The number of hydrogen-bond donors (Lipinski definition) is 2. The minimum Gasteiger partial charge on any atom is -0.497 e. The van der Waals surface area contributed by atoms with E-state index in [4.69, 9.17) is 21.1 Å². The zero-order valence-electron chi connectivity index (χ0n) is 22.4. The number of aromatic nitrogens is 1. The summed E-state index contributed by atoms with van der Waals surface area (Å²) >= 11 is 6.32. The second kappa shape index (κ2) is 11.4. The van der Waals surface area contributed by atoms with E-state index in [0.717, 1.165) is 47.2 Å². The summed E-state index contributed by atoms with van der Waals surface area (Å²) in [5, 5.41) is 13.5. The molecule has 3 unspecified atom stereocenters. The van der Waals surface area contributed by atoms with Crippen LogP contribution in [0.3, 0.4) is 0 Å². The zero-order chi connectivity index (χ0) is 26.7. The number of benzene rings is 2. The smallest absolute Gasteiger partial charge is 0.355 e. The molecule has 200 valence electrons. The first-order chi connectivity index (χ1) is 17.7. The fraction of sp³-hybridized carbons (Fsp3) is 0.483. The summed E-state index contributed by atoms with van der Waals surface area (Å²) in [6.07, 6.45) is 2.28. The van der Waals surface area contributed by atoms with Crippen molar-refractivity contribution in [1.29, 1.82) is 0 Å². The topological polar surface area (TPSA) is 78.0 Å². The van der Waals surface area contributed by atoms with Crippen LogP contribution < -0.4 is 4.74 Å². The van der Waals surface area contributed by atoms with Crippen LogP contribution in [0.2, 0.25) is 5.02 Å². The number of methoxy groups -OCH3 is 1. The van der Waals surface area contributed by atoms with Crippen molar-refractivity contribution < 1.29 is 19.4 Å². The summed E-state index contributed by atoms with van der Waals surface area (Å²) in [7, 11) is 7.82. The Kier molecular flexibility index (Phi) is 8.49. The highest BCUT2D eigenvalue weighted by molar-refractivity contribution is 6.31. The third-order valence-electron chi connectivity index (χ3n) is 7.62. The Hall–Kier alpha value is -2.58. The molecule has 1 saturated carbocycles. The number of ether oxygens (including phenoxy) is 2. The molecule has 3 aromatic rings. The number of nitrogens with one attached hydrogen (secondary N) is 1. The Labute approximate surface area is 224 Å². The number of H-pyrrole nitrogens is 1. The molecule has 2 aromatic carbocycles. The molecule has 1 heterocycles. The Bertz CT molecular complexity index is 1240. The van der Waals surface area contributed by atoms with Gasteiger partial charge in [0.15, 0.2) is 0 Å². The third-order valence-corrected chi connectivity index (χ3v) is 7.86. The quantitative estimate of drug-likeness (QED) is 0.379. The average Bonchev–Trinajstić information content (AvgIpc) is 3.22. The molecule has 1 aromatic heterocycles. The maximum atomic E-state index is 12.8. The summed E-state index contributed by atoms with van der Waals surface area (Å²) < 4.78 is 10.8. The van der Waals surface area contributed by atoms with Crippen molar-refractivity contribution in [3.05, 3.63) is 64.3 Å². The highest BCUT2D eigenvalue weighted by Crippen LogP contribution is 2.44. The number of fused-ring (bicyclic) bond motifs is 1. The molecule has 4 rings (SSSR count). The van der Waals surface area contributed by atoms with Crippen molar-refractivity contribution >= 4 is 28.5 Å². The van der Waals surface area contributed by atoms with E-state index >= 15 is 0 Å². The van der Waals surface area contributed by atoms with Gasteiger partial charge in [-0.25, -0.2) is 4.79 Å². The summed E-state index contributed by atoms with van der Waals surface area (Å²) in [5.74, 6) is 0.413. The second-order valence-electron chi connectivity index (χ2n) is 10.3. The van der Waals surface area contributed by atoms with Crippen molar-refractivity contribution in [3.63, 3.8) is 0 Å². The van der Waals surface area contributed by atoms with Gasteiger partial charge in [0.05, 0.1) is 19.3 Å². The summed E-state index contributed by atoms with van der Waals surface area (Å²) in [4.78, 5) is 20.5. The molecule has 0 radical (unpaired) electrons. The van der Waals surface area contributed by atoms with Crippen molar-refractivity contribution in [2.24, 2.45) is 5.92 Å². The zero-order valence-corrected chi connectivity index (χ0v) is 23.1. The number of aromatic amines is 1. The van der Waals surface area contributed by atoms with Gasteiger partial charge in [0.25, 0.3) is 0 Å². The molecule has 1 aliphatic rings. The monoisotopic (exact) mass is 527 g/mol. The van der Waals surface area contributed by atoms with E-state index in [1.807, 2.05) is 56.6 Å². The number of nitrogens with zero attached hydrogens (tertiary/aromatic N) is 2. The van der Waals surface area contributed by atoms with Crippen molar-refractivity contribution in [2.45, 2.75) is 44.4 Å². The van der Waals surface area contributed by atoms with Crippen molar-refractivity contribution in [1.82, 2.24) is 14.8 Å². The molecule has 7 nitrogen and oxygen atoms in total. The van der Waals surface area contributed by atoms with E-state index in [0.29, 0.717) is 30.3 Å². The predicted octanol–water partition coefficient (Wildman–Crippen LogP) is 5.06.